The summed E-state index contributed by atoms with van der Waals surface area (Å²) in [5.74, 6) is 1.11. The molecule has 0 aliphatic carbocycles. The fourth-order valence-electron chi connectivity index (χ4n) is 1.72. The number of pyridine rings is 1. The fourth-order valence-corrected chi connectivity index (χ4v) is 1.72. The Labute approximate surface area is 152 Å². The van der Waals surface area contributed by atoms with Gasteiger partial charge in [-0.05, 0) is 39.0 Å². The summed E-state index contributed by atoms with van der Waals surface area (Å²) in [5.41, 5.74) is -0.638. The van der Waals surface area contributed by atoms with Crippen molar-refractivity contribution in [3.05, 3.63) is 52.7 Å². The monoisotopic (exact) mass is 361 g/mol. The molecule has 0 saturated carbocycles. The highest BCUT2D eigenvalue weighted by Crippen LogP contribution is 2.25. The first kappa shape index (κ1) is 20.9. The first-order valence-electron chi connectivity index (χ1n) is 8.11. The summed E-state index contributed by atoms with van der Waals surface area (Å²) in [6.45, 7) is 9.27. The van der Waals surface area contributed by atoms with Gasteiger partial charge in [-0.2, -0.15) is 0 Å². The molecule has 1 aromatic carbocycles. The summed E-state index contributed by atoms with van der Waals surface area (Å²) in [6.07, 6.45) is 0.843. The Morgan fingerprint density at radius 1 is 1.12 bits per heavy atom. The minimum absolute atomic E-state index is 0.0237. The third kappa shape index (κ3) is 7.16. The maximum Gasteiger partial charge on any atom is 0.413 e. The smallest absolute Gasteiger partial charge is 0.413 e. The van der Waals surface area contributed by atoms with E-state index in [1.807, 2.05) is 13.8 Å². The topological polar surface area (TPSA) is 104 Å². The average Bonchev–Trinajstić information content (AvgIpc) is 2.55. The van der Waals surface area contributed by atoms with Gasteiger partial charge in [0.1, 0.15) is 22.9 Å². The minimum atomic E-state index is -0.623. The molecular formula is C18H23N3O5. The molecule has 0 spiro atoms. The van der Waals surface area contributed by atoms with Crippen LogP contribution in [0.1, 0.15) is 34.6 Å². The van der Waals surface area contributed by atoms with Crippen LogP contribution in [0, 0.1) is 10.1 Å². The molecule has 0 unspecified atom stereocenters. The molecule has 0 aliphatic rings. The van der Waals surface area contributed by atoms with Crippen LogP contribution < -0.4 is 10.1 Å². The van der Waals surface area contributed by atoms with Crippen LogP contribution in [-0.2, 0) is 4.74 Å². The second-order valence-electron chi connectivity index (χ2n) is 5.86. The number of nitro benzene ring substituents is 1. The summed E-state index contributed by atoms with van der Waals surface area (Å²) in [4.78, 5) is 25.9. The highest BCUT2D eigenvalue weighted by molar-refractivity contribution is 5.83. The number of anilines is 1. The lowest BCUT2D eigenvalue weighted by atomic mass is 10.2. The van der Waals surface area contributed by atoms with Crippen molar-refractivity contribution in [1.82, 2.24) is 4.98 Å². The molecule has 0 fully saturated rings. The van der Waals surface area contributed by atoms with Gasteiger partial charge < -0.3 is 9.47 Å². The van der Waals surface area contributed by atoms with Gasteiger partial charge in [-0.1, -0.05) is 13.8 Å². The number of benzene rings is 1. The fraction of sp³-hybridized carbons (Fsp3) is 0.333. The van der Waals surface area contributed by atoms with E-state index in [2.05, 4.69) is 10.3 Å². The second-order valence-corrected chi connectivity index (χ2v) is 5.86. The standard InChI is InChI=1S/C16H17N3O5.C2H6/c1-16(2,3)24-15(20)18-14-10-13(8-9-17-14)23-12-6-4-11(5-7-12)19(21)22;1-2/h4-10H,1-3H3,(H,17,18,20);1-2H3. The van der Waals surface area contributed by atoms with Crippen molar-refractivity contribution in [2.24, 2.45) is 0 Å². The molecule has 0 radical (unpaired) electrons. The maximum absolute atomic E-state index is 11.7. The van der Waals surface area contributed by atoms with Gasteiger partial charge in [-0.25, -0.2) is 9.78 Å². The summed E-state index contributed by atoms with van der Waals surface area (Å²) in [7, 11) is 0. The van der Waals surface area contributed by atoms with E-state index in [4.69, 9.17) is 9.47 Å². The molecule has 1 heterocycles. The number of ether oxygens (including phenoxy) is 2. The van der Waals surface area contributed by atoms with Crippen molar-refractivity contribution in [3.63, 3.8) is 0 Å². The molecule has 2 rings (SSSR count). The molecule has 1 amide bonds. The highest BCUT2D eigenvalue weighted by Gasteiger charge is 2.16. The van der Waals surface area contributed by atoms with Gasteiger partial charge in [0.15, 0.2) is 0 Å². The number of hydrogen-bond acceptors (Lipinski definition) is 6. The van der Waals surface area contributed by atoms with Crippen molar-refractivity contribution < 1.29 is 19.2 Å². The summed E-state index contributed by atoms with van der Waals surface area (Å²) < 4.78 is 10.7. The Hall–Kier alpha value is -3.16. The predicted molar refractivity (Wildman–Crippen MR) is 98.6 cm³/mol. The number of rotatable bonds is 4. The summed E-state index contributed by atoms with van der Waals surface area (Å²) >= 11 is 0. The Morgan fingerprint density at radius 3 is 2.27 bits per heavy atom. The van der Waals surface area contributed by atoms with Crippen LogP contribution in [0.4, 0.5) is 16.3 Å². The molecule has 1 aromatic heterocycles. The molecule has 0 aliphatic heterocycles. The van der Waals surface area contributed by atoms with Crippen LogP contribution in [0.15, 0.2) is 42.6 Å². The molecule has 8 nitrogen and oxygen atoms in total. The zero-order valence-corrected chi connectivity index (χ0v) is 15.5. The van der Waals surface area contributed by atoms with Crippen molar-refractivity contribution in [2.45, 2.75) is 40.2 Å². The van der Waals surface area contributed by atoms with Gasteiger partial charge >= 0.3 is 6.09 Å². The van der Waals surface area contributed by atoms with Gasteiger partial charge in [0.05, 0.1) is 4.92 Å². The molecule has 0 saturated heterocycles. The molecule has 2 aromatic rings. The van der Waals surface area contributed by atoms with Crippen LogP contribution >= 0.6 is 0 Å². The summed E-state index contributed by atoms with van der Waals surface area (Å²) in [6, 6.07) is 8.78. The lowest BCUT2D eigenvalue weighted by Gasteiger charge is -2.19. The Morgan fingerprint density at radius 2 is 1.73 bits per heavy atom. The average molecular weight is 361 g/mol. The normalized spacial score (nSPS) is 10.2. The summed E-state index contributed by atoms with van der Waals surface area (Å²) in [5, 5.41) is 13.1. The number of nitrogens with one attached hydrogen (secondary N) is 1. The number of nitro groups is 1. The number of hydrogen-bond donors (Lipinski definition) is 1. The van der Waals surface area contributed by atoms with Gasteiger partial charge in [-0.3, -0.25) is 15.4 Å². The van der Waals surface area contributed by atoms with E-state index in [9.17, 15) is 14.9 Å². The third-order valence-corrected chi connectivity index (χ3v) is 2.64. The largest absolute Gasteiger partial charge is 0.457 e. The van der Waals surface area contributed by atoms with Crippen molar-refractivity contribution in [2.75, 3.05) is 5.32 Å². The Kier molecular flexibility index (Phi) is 7.52. The van der Waals surface area contributed by atoms with E-state index < -0.39 is 16.6 Å². The number of non-ortho nitro benzene ring substituents is 1. The van der Waals surface area contributed by atoms with E-state index >= 15 is 0 Å². The van der Waals surface area contributed by atoms with E-state index in [1.165, 1.54) is 36.5 Å². The lowest BCUT2D eigenvalue weighted by Crippen LogP contribution is -2.27. The Bertz CT molecular complexity index is 739. The van der Waals surface area contributed by atoms with E-state index in [0.717, 1.165) is 0 Å². The molecule has 8 heteroatoms. The van der Waals surface area contributed by atoms with Gasteiger partial charge in [0.2, 0.25) is 0 Å². The zero-order chi connectivity index (χ0) is 19.7. The number of amides is 1. The molecule has 1 N–H and O–H groups in total. The Balaban J connectivity index is 0.00000163. The van der Waals surface area contributed by atoms with Crippen LogP contribution in [0.2, 0.25) is 0 Å². The predicted octanol–water partition coefficient (Wildman–Crippen LogP) is 5.16. The third-order valence-electron chi connectivity index (χ3n) is 2.64. The molecule has 0 bridgehead atoms. The highest BCUT2D eigenvalue weighted by atomic mass is 16.6. The van der Waals surface area contributed by atoms with Crippen molar-refractivity contribution >= 4 is 17.6 Å². The first-order valence-corrected chi connectivity index (χ1v) is 8.11. The van der Waals surface area contributed by atoms with E-state index in [1.54, 1.807) is 26.8 Å². The second kappa shape index (κ2) is 9.36. The maximum atomic E-state index is 11.7. The van der Waals surface area contributed by atoms with Gasteiger partial charge in [0, 0.05) is 24.4 Å². The number of aromatic nitrogens is 1. The molecular weight excluding hydrogens is 338 g/mol. The van der Waals surface area contributed by atoms with Gasteiger partial charge in [0.25, 0.3) is 5.69 Å². The number of carbonyl (C=O) groups is 1. The zero-order valence-electron chi connectivity index (χ0n) is 15.5. The van der Waals surface area contributed by atoms with Crippen LogP contribution in [0.5, 0.6) is 11.5 Å². The van der Waals surface area contributed by atoms with E-state index in [0.29, 0.717) is 11.5 Å². The van der Waals surface area contributed by atoms with Crippen molar-refractivity contribution in [3.8, 4) is 11.5 Å². The molecule has 0 atom stereocenters. The SMILES string of the molecule is CC.CC(C)(C)OC(=O)Nc1cc(Oc2ccc([N+](=O)[O-])cc2)ccn1. The van der Waals surface area contributed by atoms with Crippen LogP contribution in [0.3, 0.4) is 0 Å². The van der Waals surface area contributed by atoms with E-state index in [-0.39, 0.29) is 11.5 Å². The van der Waals surface area contributed by atoms with Gasteiger partial charge in [-0.15, -0.1) is 0 Å². The lowest BCUT2D eigenvalue weighted by molar-refractivity contribution is -0.384. The quantitative estimate of drug-likeness (QED) is 0.596. The first-order chi connectivity index (χ1) is 12.2. The number of carbonyl (C=O) groups excluding carboxylic acids is 1. The molecule has 140 valence electrons. The molecule has 26 heavy (non-hydrogen) atoms. The number of nitrogens with zero attached hydrogens (tertiary/aromatic N) is 2. The minimum Gasteiger partial charge on any atom is -0.457 e. The van der Waals surface area contributed by atoms with Crippen molar-refractivity contribution in [1.29, 1.82) is 0 Å². The van der Waals surface area contributed by atoms with Crippen LogP contribution in [0.25, 0.3) is 0 Å². The van der Waals surface area contributed by atoms with Crippen LogP contribution in [-0.4, -0.2) is 21.6 Å².